The van der Waals surface area contributed by atoms with Gasteiger partial charge in [-0.3, -0.25) is 9.59 Å². The molecule has 172 valence electrons. The second-order valence-electron chi connectivity index (χ2n) is 9.36. The van der Waals surface area contributed by atoms with Crippen LogP contribution in [-0.2, 0) is 19.1 Å². The lowest BCUT2D eigenvalue weighted by molar-refractivity contribution is -0.149. The lowest BCUT2D eigenvalue weighted by Crippen LogP contribution is -2.19. The van der Waals surface area contributed by atoms with Gasteiger partial charge in [0.05, 0.1) is 12.2 Å². The van der Waals surface area contributed by atoms with Crippen molar-refractivity contribution in [3.05, 3.63) is 0 Å². The van der Waals surface area contributed by atoms with Gasteiger partial charge in [0.15, 0.2) is 0 Å². The minimum atomic E-state index is -0.0588. The van der Waals surface area contributed by atoms with Gasteiger partial charge in [0.1, 0.15) is 0 Å². The first-order valence-corrected chi connectivity index (χ1v) is 12.1. The zero-order valence-electron chi connectivity index (χ0n) is 20.1. The van der Waals surface area contributed by atoms with Gasteiger partial charge in [-0.1, -0.05) is 71.6 Å². The second-order valence-corrected chi connectivity index (χ2v) is 9.36. The monoisotopic (exact) mass is 412 g/mol. The molecule has 0 N–H and O–H groups in total. The summed E-state index contributed by atoms with van der Waals surface area (Å²) in [6.07, 6.45) is 14.5. The number of ether oxygens (including phenoxy) is 2. The predicted octanol–water partition coefficient (Wildman–Crippen LogP) is 7.23. The molecule has 0 spiro atoms. The lowest BCUT2D eigenvalue weighted by Gasteiger charge is -2.20. The van der Waals surface area contributed by atoms with Crippen LogP contribution >= 0.6 is 0 Å². The summed E-state index contributed by atoms with van der Waals surface area (Å²) < 4.78 is 10.4. The number of hydrogen-bond donors (Lipinski definition) is 0. The van der Waals surface area contributed by atoms with E-state index in [4.69, 9.17) is 9.47 Å². The predicted molar refractivity (Wildman–Crippen MR) is 121 cm³/mol. The SMILES string of the molecule is CC(C)OC(=O)CCCCCCCCCCCCC(CC(=O)OC(C)C)C(C)C. The van der Waals surface area contributed by atoms with Crippen molar-refractivity contribution in [1.82, 2.24) is 0 Å². The van der Waals surface area contributed by atoms with E-state index in [2.05, 4.69) is 13.8 Å². The molecular weight excluding hydrogens is 364 g/mol. The van der Waals surface area contributed by atoms with Crippen molar-refractivity contribution in [2.75, 3.05) is 0 Å². The summed E-state index contributed by atoms with van der Waals surface area (Å²) in [5.74, 6) is 0.869. The molecule has 0 aliphatic carbocycles. The van der Waals surface area contributed by atoms with E-state index in [1.54, 1.807) is 0 Å². The molecule has 0 amide bonds. The van der Waals surface area contributed by atoms with Crippen LogP contribution < -0.4 is 0 Å². The zero-order valence-corrected chi connectivity index (χ0v) is 20.1. The van der Waals surface area contributed by atoms with E-state index in [9.17, 15) is 9.59 Å². The quantitative estimate of drug-likeness (QED) is 0.176. The minimum Gasteiger partial charge on any atom is -0.463 e. The lowest BCUT2D eigenvalue weighted by atomic mass is 9.87. The molecule has 0 aromatic rings. The molecule has 0 fully saturated rings. The Bertz CT molecular complexity index is 415. The molecule has 1 unspecified atom stereocenters. The zero-order chi connectivity index (χ0) is 22.1. The van der Waals surface area contributed by atoms with E-state index in [0.29, 0.717) is 24.7 Å². The molecule has 0 aliphatic heterocycles. The molecule has 0 radical (unpaired) electrons. The Morgan fingerprint density at radius 1 is 0.586 bits per heavy atom. The van der Waals surface area contributed by atoms with E-state index < -0.39 is 0 Å². The van der Waals surface area contributed by atoms with Gasteiger partial charge in [-0.15, -0.1) is 0 Å². The van der Waals surface area contributed by atoms with Gasteiger partial charge in [-0.2, -0.15) is 0 Å². The summed E-state index contributed by atoms with van der Waals surface area (Å²) in [7, 11) is 0. The third-order valence-electron chi connectivity index (χ3n) is 5.31. The number of rotatable bonds is 18. The maximum absolute atomic E-state index is 11.9. The van der Waals surface area contributed by atoms with Gasteiger partial charge in [-0.05, 0) is 52.4 Å². The fourth-order valence-corrected chi connectivity index (χ4v) is 3.61. The van der Waals surface area contributed by atoms with E-state index in [0.717, 1.165) is 19.3 Å². The van der Waals surface area contributed by atoms with Gasteiger partial charge < -0.3 is 9.47 Å². The molecule has 0 heterocycles. The van der Waals surface area contributed by atoms with Crippen molar-refractivity contribution in [3.63, 3.8) is 0 Å². The maximum atomic E-state index is 11.9. The molecule has 0 aliphatic rings. The van der Waals surface area contributed by atoms with Crippen molar-refractivity contribution in [2.45, 2.75) is 137 Å². The van der Waals surface area contributed by atoms with Crippen LogP contribution in [0.3, 0.4) is 0 Å². The third kappa shape index (κ3) is 18.7. The summed E-state index contributed by atoms with van der Waals surface area (Å²) in [5, 5.41) is 0. The molecule has 0 aromatic carbocycles. The first kappa shape index (κ1) is 27.9. The van der Waals surface area contributed by atoms with E-state index in [1.165, 1.54) is 51.4 Å². The molecular formula is C25H48O4. The van der Waals surface area contributed by atoms with Crippen molar-refractivity contribution in [1.29, 1.82) is 0 Å². The normalized spacial score (nSPS) is 12.6. The summed E-state index contributed by atoms with van der Waals surface area (Å²) in [5.41, 5.74) is 0. The largest absolute Gasteiger partial charge is 0.463 e. The average molecular weight is 413 g/mol. The second kappa shape index (κ2) is 17.8. The summed E-state index contributed by atoms with van der Waals surface area (Å²) >= 11 is 0. The van der Waals surface area contributed by atoms with Crippen molar-refractivity contribution in [2.24, 2.45) is 11.8 Å². The summed E-state index contributed by atoms with van der Waals surface area (Å²) in [6.45, 7) is 12.0. The molecule has 29 heavy (non-hydrogen) atoms. The molecule has 4 heteroatoms. The van der Waals surface area contributed by atoms with E-state index in [-0.39, 0.29) is 24.1 Å². The first-order valence-electron chi connectivity index (χ1n) is 12.1. The van der Waals surface area contributed by atoms with E-state index in [1.807, 2.05) is 27.7 Å². The Labute approximate surface area is 180 Å². The summed E-state index contributed by atoms with van der Waals surface area (Å²) in [6, 6.07) is 0. The number of carbonyl (C=O) groups excluding carboxylic acids is 2. The molecule has 4 nitrogen and oxygen atoms in total. The Morgan fingerprint density at radius 2 is 1.00 bits per heavy atom. The van der Waals surface area contributed by atoms with Gasteiger partial charge in [0, 0.05) is 12.8 Å². The standard InChI is InChI=1S/C25H48O4/c1-20(2)23(19-25(27)29-22(5)6)17-15-13-11-9-7-8-10-12-14-16-18-24(26)28-21(3)4/h20-23H,7-19H2,1-6H3. The van der Waals surface area contributed by atoms with Crippen LogP contribution in [0.4, 0.5) is 0 Å². The summed E-state index contributed by atoms with van der Waals surface area (Å²) in [4.78, 5) is 23.3. The van der Waals surface area contributed by atoms with Crippen LogP contribution in [-0.4, -0.2) is 24.1 Å². The van der Waals surface area contributed by atoms with Crippen LogP contribution in [0.25, 0.3) is 0 Å². The molecule has 0 saturated carbocycles. The molecule has 0 aromatic heterocycles. The van der Waals surface area contributed by atoms with Crippen molar-refractivity contribution in [3.8, 4) is 0 Å². The highest BCUT2D eigenvalue weighted by Gasteiger charge is 2.18. The number of hydrogen-bond acceptors (Lipinski definition) is 4. The van der Waals surface area contributed by atoms with Gasteiger partial charge in [0.25, 0.3) is 0 Å². The molecule has 0 rings (SSSR count). The maximum Gasteiger partial charge on any atom is 0.306 e. The topological polar surface area (TPSA) is 52.6 Å². The van der Waals surface area contributed by atoms with E-state index >= 15 is 0 Å². The van der Waals surface area contributed by atoms with Crippen LogP contribution in [0.2, 0.25) is 0 Å². The minimum absolute atomic E-state index is 0.000132. The first-order chi connectivity index (χ1) is 13.7. The Morgan fingerprint density at radius 3 is 1.45 bits per heavy atom. The van der Waals surface area contributed by atoms with Crippen LogP contribution in [0.1, 0.15) is 125 Å². The Hall–Kier alpha value is -1.06. The molecule has 0 saturated heterocycles. The number of carbonyl (C=O) groups is 2. The molecule has 0 bridgehead atoms. The van der Waals surface area contributed by atoms with Crippen molar-refractivity contribution >= 4 is 11.9 Å². The fraction of sp³-hybridized carbons (Fsp3) is 0.920. The number of esters is 2. The van der Waals surface area contributed by atoms with Gasteiger partial charge in [-0.25, -0.2) is 0 Å². The highest BCUT2D eigenvalue weighted by atomic mass is 16.5. The fourth-order valence-electron chi connectivity index (χ4n) is 3.61. The third-order valence-corrected chi connectivity index (χ3v) is 5.31. The van der Waals surface area contributed by atoms with Crippen LogP contribution in [0.15, 0.2) is 0 Å². The highest BCUT2D eigenvalue weighted by Crippen LogP contribution is 2.23. The highest BCUT2D eigenvalue weighted by molar-refractivity contribution is 5.70. The van der Waals surface area contributed by atoms with Crippen LogP contribution in [0, 0.1) is 11.8 Å². The average Bonchev–Trinajstić information content (AvgIpc) is 2.60. The van der Waals surface area contributed by atoms with Gasteiger partial charge in [0.2, 0.25) is 0 Å². The number of unbranched alkanes of at least 4 members (excludes halogenated alkanes) is 9. The Kier molecular flexibility index (Phi) is 17.1. The smallest absolute Gasteiger partial charge is 0.306 e. The van der Waals surface area contributed by atoms with Gasteiger partial charge >= 0.3 is 11.9 Å². The molecule has 1 atom stereocenters. The Balaban J connectivity index is 3.55. The van der Waals surface area contributed by atoms with Crippen molar-refractivity contribution < 1.29 is 19.1 Å². The van der Waals surface area contributed by atoms with Crippen LogP contribution in [0.5, 0.6) is 0 Å².